The Morgan fingerprint density at radius 2 is 1.67 bits per heavy atom. The number of aromatic nitrogens is 1. The Bertz CT molecular complexity index is 1560. The van der Waals surface area contributed by atoms with Crippen molar-refractivity contribution in [2.75, 3.05) is 6.61 Å². The van der Waals surface area contributed by atoms with E-state index >= 15 is 0 Å². The topological polar surface area (TPSA) is 110 Å². The summed E-state index contributed by atoms with van der Waals surface area (Å²) in [5.41, 5.74) is 4.41. The Balaban J connectivity index is 1.18. The summed E-state index contributed by atoms with van der Waals surface area (Å²) in [5, 5.41) is 16.8. The van der Waals surface area contributed by atoms with Gasteiger partial charge in [-0.2, -0.15) is 0 Å². The van der Waals surface area contributed by atoms with E-state index in [0.717, 1.165) is 23.3 Å². The maximum Gasteiger partial charge on any atom is 0.306 e. The van der Waals surface area contributed by atoms with Gasteiger partial charge in [-0.1, -0.05) is 37.5 Å². The van der Waals surface area contributed by atoms with E-state index in [9.17, 15) is 19.5 Å². The molecule has 3 fully saturated rings. The molecule has 1 aliphatic heterocycles. The molecule has 2 amide bonds. The molecule has 2 heterocycles. The van der Waals surface area contributed by atoms with Gasteiger partial charge in [-0.3, -0.25) is 14.4 Å². The van der Waals surface area contributed by atoms with E-state index < -0.39 is 11.5 Å². The first-order valence-electron chi connectivity index (χ1n) is 16.2. The molecule has 7 rings (SSSR count). The molecule has 0 saturated heterocycles. The van der Waals surface area contributed by atoms with Crippen LogP contribution >= 0.6 is 0 Å². The number of carbonyl (C=O) groups is 3. The molecule has 3 saturated carbocycles. The van der Waals surface area contributed by atoms with Gasteiger partial charge in [0.15, 0.2) is 0 Å². The first kappa shape index (κ1) is 28.0. The molecular formula is C35H41N3O5. The number of carboxylic acids is 1. The van der Waals surface area contributed by atoms with Gasteiger partial charge in [-0.05, 0) is 93.5 Å². The van der Waals surface area contributed by atoms with Gasteiger partial charge < -0.3 is 25.0 Å². The smallest absolute Gasteiger partial charge is 0.306 e. The summed E-state index contributed by atoms with van der Waals surface area (Å²) in [5.74, 6) is -0.0716. The molecule has 3 aliphatic carbocycles. The van der Waals surface area contributed by atoms with Crippen molar-refractivity contribution in [3.63, 3.8) is 0 Å². The average molecular weight is 584 g/mol. The third-order valence-corrected chi connectivity index (χ3v) is 10.5. The summed E-state index contributed by atoms with van der Waals surface area (Å²) < 4.78 is 8.53. The highest BCUT2D eigenvalue weighted by Gasteiger charge is 2.46. The highest BCUT2D eigenvalue weighted by molar-refractivity contribution is 6.03. The second kappa shape index (κ2) is 11.4. The van der Waals surface area contributed by atoms with Crippen LogP contribution in [-0.2, 0) is 16.1 Å². The Kier molecular flexibility index (Phi) is 7.39. The number of benzene rings is 2. The summed E-state index contributed by atoms with van der Waals surface area (Å²) in [6.45, 7) is 1.26. The summed E-state index contributed by atoms with van der Waals surface area (Å²) in [7, 11) is 0. The van der Waals surface area contributed by atoms with E-state index in [-0.39, 0.29) is 23.8 Å². The van der Waals surface area contributed by atoms with Gasteiger partial charge in [-0.15, -0.1) is 0 Å². The molecule has 8 nitrogen and oxygen atoms in total. The van der Waals surface area contributed by atoms with Crippen molar-refractivity contribution in [1.29, 1.82) is 0 Å². The zero-order valence-electron chi connectivity index (χ0n) is 24.7. The number of rotatable bonds is 6. The molecule has 4 aliphatic rings. The van der Waals surface area contributed by atoms with Crippen molar-refractivity contribution in [2.24, 2.45) is 5.92 Å². The molecule has 2 aromatic carbocycles. The van der Waals surface area contributed by atoms with E-state index in [0.29, 0.717) is 63.2 Å². The van der Waals surface area contributed by atoms with Crippen molar-refractivity contribution in [3.05, 3.63) is 53.6 Å². The number of nitrogens with zero attached hydrogens (tertiary/aromatic N) is 1. The van der Waals surface area contributed by atoms with Gasteiger partial charge in [0.25, 0.3) is 5.91 Å². The lowest BCUT2D eigenvalue weighted by Gasteiger charge is -2.42. The molecule has 1 aromatic heterocycles. The quantitative estimate of drug-likeness (QED) is 0.322. The Hall–Kier alpha value is -3.81. The van der Waals surface area contributed by atoms with Gasteiger partial charge in [0.05, 0.1) is 18.2 Å². The highest BCUT2D eigenvalue weighted by atomic mass is 16.5. The third kappa shape index (κ3) is 5.08. The van der Waals surface area contributed by atoms with Crippen molar-refractivity contribution in [2.45, 2.75) is 101 Å². The van der Waals surface area contributed by atoms with E-state index in [1.54, 1.807) is 0 Å². The van der Waals surface area contributed by atoms with Crippen LogP contribution in [0.15, 0.2) is 42.5 Å². The van der Waals surface area contributed by atoms with Gasteiger partial charge in [0, 0.05) is 28.1 Å². The molecule has 0 spiro atoms. The monoisotopic (exact) mass is 583 g/mol. The first-order chi connectivity index (χ1) is 20.9. The fourth-order valence-electron chi connectivity index (χ4n) is 7.92. The van der Waals surface area contributed by atoms with Crippen LogP contribution in [0.25, 0.3) is 22.2 Å². The number of carboxylic acid groups (broad SMARTS) is 1. The first-order valence-corrected chi connectivity index (χ1v) is 16.2. The minimum atomic E-state index is -0.911. The molecule has 0 unspecified atom stereocenters. The van der Waals surface area contributed by atoms with Crippen LogP contribution in [0.2, 0.25) is 0 Å². The largest absolute Gasteiger partial charge is 0.491 e. The minimum Gasteiger partial charge on any atom is -0.491 e. The Morgan fingerprint density at radius 1 is 0.907 bits per heavy atom. The van der Waals surface area contributed by atoms with E-state index in [1.165, 1.54) is 48.7 Å². The predicted molar refractivity (Wildman–Crippen MR) is 164 cm³/mol. The molecule has 43 heavy (non-hydrogen) atoms. The summed E-state index contributed by atoms with van der Waals surface area (Å²) >= 11 is 0. The number of aliphatic carboxylic acids is 1. The van der Waals surface area contributed by atoms with Crippen LogP contribution in [0.1, 0.15) is 98.9 Å². The molecule has 0 bridgehead atoms. The number of nitrogens with one attached hydrogen (secondary N) is 2. The van der Waals surface area contributed by atoms with Gasteiger partial charge in [-0.25, -0.2) is 0 Å². The number of para-hydroxylation sites is 1. The fourth-order valence-corrected chi connectivity index (χ4v) is 7.92. The maximum atomic E-state index is 13.8. The number of fused-ring (bicyclic) bond motifs is 5. The van der Waals surface area contributed by atoms with Crippen LogP contribution in [0.3, 0.4) is 0 Å². The Labute approximate surface area is 252 Å². The van der Waals surface area contributed by atoms with Crippen LogP contribution in [0, 0.1) is 5.92 Å². The molecular weight excluding hydrogens is 542 g/mol. The van der Waals surface area contributed by atoms with Crippen LogP contribution in [0.5, 0.6) is 5.75 Å². The van der Waals surface area contributed by atoms with Gasteiger partial charge in [0.2, 0.25) is 5.91 Å². The number of hydrogen-bond acceptors (Lipinski definition) is 4. The highest BCUT2D eigenvalue weighted by Crippen LogP contribution is 2.47. The zero-order valence-corrected chi connectivity index (χ0v) is 24.7. The van der Waals surface area contributed by atoms with Crippen molar-refractivity contribution in [1.82, 2.24) is 15.2 Å². The number of ether oxygens (including phenoxy) is 1. The Morgan fingerprint density at radius 3 is 2.40 bits per heavy atom. The van der Waals surface area contributed by atoms with Crippen LogP contribution in [0.4, 0.5) is 0 Å². The molecule has 3 N–H and O–H groups in total. The second-order valence-electron chi connectivity index (χ2n) is 13.1. The minimum absolute atomic E-state index is 0.0479. The summed E-state index contributed by atoms with van der Waals surface area (Å²) in [4.78, 5) is 38.6. The number of carbonyl (C=O) groups excluding carboxylic acids is 2. The van der Waals surface area contributed by atoms with Crippen molar-refractivity contribution < 1.29 is 24.2 Å². The second-order valence-corrected chi connectivity index (χ2v) is 13.1. The molecule has 8 heteroatoms. The standard InChI is InChI=1S/C35H41N3O5/c39-32(37-35(17-6-18-35)34(42)36-25-14-11-23(12-15-25)33(40)41)24-13-16-26-28(21-24)38-19-20-43-29-10-5-4-9-27(29)31(38)30(26)22-7-2-1-3-8-22/h4-5,9-10,13,16,21-23,25H,1-3,6-8,11-12,14-15,17-20H2,(H,36,42)(H,37,39)(H,40,41). The molecule has 3 aromatic rings. The number of amides is 2. The van der Waals surface area contributed by atoms with E-state index in [2.05, 4.69) is 33.4 Å². The molecule has 0 atom stereocenters. The maximum absolute atomic E-state index is 13.8. The third-order valence-electron chi connectivity index (χ3n) is 10.5. The normalized spacial score (nSPS) is 23.2. The molecule has 226 valence electrons. The zero-order chi connectivity index (χ0) is 29.6. The summed E-state index contributed by atoms with van der Waals surface area (Å²) in [6.07, 6.45) is 10.6. The van der Waals surface area contributed by atoms with Crippen LogP contribution < -0.4 is 15.4 Å². The van der Waals surface area contributed by atoms with Crippen molar-refractivity contribution in [3.8, 4) is 17.0 Å². The average Bonchev–Trinajstić information content (AvgIpc) is 3.20. The van der Waals surface area contributed by atoms with Crippen LogP contribution in [-0.4, -0.2) is 45.6 Å². The lowest BCUT2D eigenvalue weighted by molar-refractivity contribution is -0.143. The van der Waals surface area contributed by atoms with E-state index in [4.69, 9.17) is 4.74 Å². The fraction of sp³-hybridized carbons (Fsp3) is 0.514. The lowest BCUT2D eigenvalue weighted by Crippen LogP contribution is -2.64. The lowest BCUT2D eigenvalue weighted by atomic mass is 9.75. The molecule has 0 radical (unpaired) electrons. The van der Waals surface area contributed by atoms with Gasteiger partial charge in [0.1, 0.15) is 17.9 Å². The predicted octanol–water partition coefficient (Wildman–Crippen LogP) is 6.16. The number of hydrogen-bond donors (Lipinski definition) is 3. The van der Waals surface area contributed by atoms with Crippen molar-refractivity contribution >= 4 is 28.7 Å². The SMILES string of the molecule is O=C(NC1(C(=O)NC2CCC(C(=O)O)CC2)CCC1)c1ccc2c(C3CCCCC3)c3n(c2c1)CCOc1ccccc1-3. The van der Waals surface area contributed by atoms with Gasteiger partial charge >= 0.3 is 5.97 Å². The summed E-state index contributed by atoms with van der Waals surface area (Å²) in [6, 6.07) is 14.3. The van der Waals surface area contributed by atoms with E-state index in [1.807, 2.05) is 24.3 Å².